The second-order valence-corrected chi connectivity index (χ2v) is 2.46. The molecule has 128 valence electrons. The molecule has 0 saturated heterocycles. The van der Waals surface area contributed by atoms with Crippen LogP contribution < -0.4 is 25.5 Å². The zero-order chi connectivity index (χ0) is 17.9. The summed E-state index contributed by atoms with van der Waals surface area (Å²) in [5, 5.41) is 44.4. The number of carbonyl (C=O) groups is 5. The molecule has 0 aliphatic heterocycles. The minimum Gasteiger partial charge on any atom is -0.550 e. The number of carbonyl (C=O) groups excluding carboxylic acids is 5. The van der Waals surface area contributed by atoms with E-state index in [1.807, 2.05) is 0 Å². The van der Waals surface area contributed by atoms with E-state index in [9.17, 15) is 0 Å². The van der Waals surface area contributed by atoms with Crippen molar-refractivity contribution in [2.24, 2.45) is 0 Å². The molecule has 0 aliphatic rings. The van der Waals surface area contributed by atoms with Gasteiger partial charge in [0.25, 0.3) is 0 Å². The van der Waals surface area contributed by atoms with Crippen LogP contribution in [0.4, 0.5) is 0 Å². The summed E-state index contributed by atoms with van der Waals surface area (Å²) in [5.74, 6) is -5.42. The first-order chi connectivity index (χ1) is 8.66. The molecule has 0 N–H and O–H groups in total. The van der Waals surface area contributed by atoms with Crippen LogP contribution in [0.3, 0.4) is 0 Å². The maximum absolute atomic E-state index is 8.89. The van der Waals surface area contributed by atoms with Crippen LogP contribution in [0.5, 0.6) is 0 Å². The smallest absolute Gasteiger partial charge is 0.550 e. The maximum Gasteiger partial charge on any atom is 3.00 e. The molecule has 0 aliphatic carbocycles. The van der Waals surface area contributed by atoms with Gasteiger partial charge in [-0.15, -0.1) is 0 Å². The number of carboxylic acids is 5. The first-order valence-corrected chi connectivity index (χ1v) is 4.54. The largest absolute Gasteiger partial charge is 3.00 e. The summed E-state index contributed by atoms with van der Waals surface area (Å²) < 4.78 is 0. The Bertz CT molecular complexity index is 216. The van der Waals surface area contributed by atoms with Gasteiger partial charge < -0.3 is 49.5 Å². The zero-order valence-corrected chi connectivity index (χ0v) is 16.3. The molecule has 0 aromatic rings. The van der Waals surface area contributed by atoms with Gasteiger partial charge in [-0.3, -0.25) is 0 Å². The fourth-order valence-corrected chi connectivity index (χ4v) is 0. The van der Waals surface area contributed by atoms with Crippen molar-refractivity contribution in [2.45, 2.75) is 34.6 Å². The molecular weight excluding hydrogens is 428 g/mol. The van der Waals surface area contributed by atoms with Crippen LogP contribution in [0, 0.1) is 0 Å². The minimum absolute atomic E-state index is 0. The van der Waals surface area contributed by atoms with Crippen LogP contribution in [0.2, 0.25) is 0 Å². The molecule has 0 atom stereocenters. The second kappa shape index (κ2) is 36.8. The van der Waals surface area contributed by atoms with E-state index in [1.165, 1.54) is 0 Å². The molecule has 22 heavy (non-hydrogen) atoms. The zero-order valence-electron chi connectivity index (χ0n) is 12.5. The summed E-state index contributed by atoms with van der Waals surface area (Å²) in [6, 6.07) is 0. The van der Waals surface area contributed by atoms with Gasteiger partial charge in [0, 0.05) is 29.8 Å². The number of rotatable bonds is 0. The molecule has 0 unspecified atom stereocenters. The van der Waals surface area contributed by atoms with Crippen LogP contribution in [-0.4, -0.2) is 29.8 Å². The molecule has 0 spiro atoms. The van der Waals surface area contributed by atoms with Crippen LogP contribution in [0.1, 0.15) is 34.6 Å². The van der Waals surface area contributed by atoms with Crippen molar-refractivity contribution in [3.63, 3.8) is 0 Å². The molecular formula is C10H15NiO10Y. The number of hydrogen-bond donors (Lipinski definition) is 0. The van der Waals surface area contributed by atoms with Crippen molar-refractivity contribution >= 4 is 29.8 Å². The van der Waals surface area contributed by atoms with Crippen LogP contribution in [0.15, 0.2) is 0 Å². The number of carboxylic acid groups (broad SMARTS) is 5. The average Bonchev–Trinajstić information content (AvgIpc) is 1.94. The Balaban J connectivity index is -0.0000000250. The van der Waals surface area contributed by atoms with Crippen LogP contribution in [0.25, 0.3) is 0 Å². The van der Waals surface area contributed by atoms with Gasteiger partial charge in [-0.1, -0.05) is 0 Å². The molecule has 10 nitrogen and oxygen atoms in total. The summed E-state index contributed by atoms with van der Waals surface area (Å²) in [4.78, 5) is 44.4. The molecule has 0 saturated carbocycles. The van der Waals surface area contributed by atoms with E-state index in [2.05, 4.69) is 0 Å². The van der Waals surface area contributed by atoms with Crippen LogP contribution >= 0.6 is 0 Å². The summed E-state index contributed by atoms with van der Waals surface area (Å²) in [6.45, 7) is 4.86. The van der Waals surface area contributed by atoms with Gasteiger partial charge in [-0.2, -0.15) is 0 Å². The molecule has 0 heterocycles. The third kappa shape index (κ3) is 5510. The topological polar surface area (TPSA) is 201 Å². The number of hydrogen-bond acceptors (Lipinski definition) is 10. The summed E-state index contributed by atoms with van der Waals surface area (Å²) in [7, 11) is 0. The summed E-state index contributed by atoms with van der Waals surface area (Å²) >= 11 is 0. The SMILES string of the molecule is CC(=O)[O-].CC(=O)[O-].CC(=O)[O-].CC(=O)[O-].CC(=O)[O-].[Ni+2].[Y+3]. The molecule has 0 fully saturated rings. The first kappa shape index (κ1) is 42.8. The average molecular weight is 443 g/mol. The Morgan fingerprint density at radius 3 is 0.455 bits per heavy atom. The Hall–Kier alpha value is -1.05. The van der Waals surface area contributed by atoms with E-state index in [1.54, 1.807) is 0 Å². The Labute approximate surface area is 162 Å². The van der Waals surface area contributed by atoms with Gasteiger partial charge in [-0.05, 0) is 34.6 Å². The van der Waals surface area contributed by atoms with Gasteiger partial charge in [-0.25, -0.2) is 0 Å². The fourth-order valence-electron chi connectivity index (χ4n) is 0. The van der Waals surface area contributed by atoms with E-state index >= 15 is 0 Å². The molecule has 12 heteroatoms. The van der Waals surface area contributed by atoms with Crippen molar-refractivity contribution in [3.05, 3.63) is 0 Å². The summed E-state index contributed by atoms with van der Waals surface area (Å²) in [6.07, 6.45) is 0. The van der Waals surface area contributed by atoms with Crippen molar-refractivity contribution in [1.29, 1.82) is 0 Å². The van der Waals surface area contributed by atoms with Crippen molar-refractivity contribution < 1.29 is 98.7 Å². The van der Waals surface area contributed by atoms with Crippen molar-refractivity contribution in [3.8, 4) is 0 Å². The normalized spacial score (nSPS) is 5.68. The van der Waals surface area contributed by atoms with Gasteiger partial charge in [0.2, 0.25) is 0 Å². The molecule has 0 aromatic carbocycles. The van der Waals surface area contributed by atoms with Gasteiger partial charge in [0.1, 0.15) is 0 Å². The van der Waals surface area contributed by atoms with E-state index in [-0.39, 0.29) is 49.2 Å². The molecule has 0 radical (unpaired) electrons. The predicted molar refractivity (Wildman–Crippen MR) is 53.4 cm³/mol. The van der Waals surface area contributed by atoms with Crippen molar-refractivity contribution in [2.75, 3.05) is 0 Å². The number of aliphatic carboxylic acids is 5. The van der Waals surface area contributed by atoms with E-state index < -0.39 is 29.8 Å². The Morgan fingerprint density at radius 1 is 0.455 bits per heavy atom. The molecule has 0 bridgehead atoms. The predicted octanol–water partition coefficient (Wildman–Crippen LogP) is -6.22. The van der Waals surface area contributed by atoms with E-state index in [0.29, 0.717) is 0 Å². The maximum atomic E-state index is 8.89. The molecule has 0 amide bonds. The standard InChI is InChI=1S/5C2H4O2.Ni.Y/c5*1-2(3)4;;/h5*1H3,(H,3,4);;/q;;;;;+2;+3/p-5. The quantitative estimate of drug-likeness (QED) is 0.325. The first-order valence-electron chi connectivity index (χ1n) is 4.54. The minimum atomic E-state index is -1.08. The Kier molecular flexibility index (Phi) is 71.7. The second-order valence-electron chi connectivity index (χ2n) is 2.46. The van der Waals surface area contributed by atoms with E-state index in [0.717, 1.165) is 34.6 Å². The molecule has 0 aromatic heterocycles. The van der Waals surface area contributed by atoms with Crippen molar-refractivity contribution in [1.82, 2.24) is 0 Å². The molecule has 0 rings (SSSR count). The fraction of sp³-hybridized carbons (Fsp3) is 0.500. The van der Waals surface area contributed by atoms with Crippen LogP contribution in [-0.2, 0) is 73.2 Å². The van der Waals surface area contributed by atoms with Gasteiger partial charge >= 0.3 is 49.2 Å². The third-order valence-electron chi connectivity index (χ3n) is 0. The Morgan fingerprint density at radius 2 is 0.455 bits per heavy atom. The monoisotopic (exact) mass is 442 g/mol. The van der Waals surface area contributed by atoms with Gasteiger partial charge in [0.15, 0.2) is 0 Å². The summed E-state index contributed by atoms with van der Waals surface area (Å²) in [5.41, 5.74) is 0. The third-order valence-corrected chi connectivity index (χ3v) is 0. The van der Waals surface area contributed by atoms with E-state index in [4.69, 9.17) is 49.5 Å². The van der Waals surface area contributed by atoms with Gasteiger partial charge in [0.05, 0.1) is 0 Å².